The molecule has 4 aromatic rings. The summed E-state index contributed by atoms with van der Waals surface area (Å²) in [5.74, 6) is 0. The van der Waals surface area contributed by atoms with Crippen LogP contribution < -0.4 is 0 Å². The minimum atomic E-state index is -6.09. The first kappa shape index (κ1) is 20.6. The predicted octanol–water partition coefficient (Wildman–Crippen LogP) is 6.44. The van der Waals surface area contributed by atoms with Crippen LogP contribution in [0.2, 0.25) is 5.02 Å². The summed E-state index contributed by atoms with van der Waals surface area (Å²) in [6, 6.07) is 25.7. The van der Waals surface area contributed by atoms with Crippen LogP contribution in [0.15, 0.2) is 72.8 Å². The van der Waals surface area contributed by atoms with Crippen LogP contribution in [-0.2, 0) is 10.1 Å². The number of fused-ring (bicyclic) bond motifs is 3. The van der Waals surface area contributed by atoms with Gasteiger partial charge in [-0.15, -0.1) is 0 Å². The monoisotopic (exact) mass is 444 g/mol. The quantitative estimate of drug-likeness (QED) is 0.193. The zero-order valence-electron chi connectivity index (χ0n) is 14.0. The van der Waals surface area contributed by atoms with Gasteiger partial charge in [0.05, 0.1) is 0 Å². The number of hydrogen-bond acceptors (Lipinski definition) is 3. The van der Waals surface area contributed by atoms with Gasteiger partial charge in [0, 0.05) is 26.3 Å². The van der Waals surface area contributed by atoms with E-state index in [-0.39, 0.29) is 10.5 Å². The molecule has 1 aromatic heterocycles. The van der Waals surface area contributed by atoms with Gasteiger partial charge in [-0.2, -0.15) is 13.2 Å². The third kappa shape index (κ3) is 4.15. The summed E-state index contributed by atoms with van der Waals surface area (Å²) in [5.41, 5.74) is -5.65. The third-order valence-electron chi connectivity index (χ3n) is 3.84. The molecule has 0 spiro atoms. The van der Waals surface area contributed by atoms with Gasteiger partial charge >= 0.3 is 5.51 Å². The highest BCUT2D eigenvalue weighted by atomic mass is 35.5. The molecular formula is C19H12ClF3O3S2. The lowest BCUT2D eigenvalue weighted by Crippen LogP contribution is -2.21. The topological polar surface area (TPSA) is 57.2 Å². The fraction of sp³-hybridized carbons (Fsp3) is 0.0526. The second-order valence-corrected chi connectivity index (χ2v) is 9.42. The molecule has 0 aliphatic rings. The zero-order chi connectivity index (χ0) is 20.5. The van der Waals surface area contributed by atoms with Crippen molar-refractivity contribution in [3.05, 3.63) is 77.8 Å². The molecule has 0 N–H and O–H groups in total. The smallest absolute Gasteiger partial charge is 0.485 e. The van der Waals surface area contributed by atoms with Crippen LogP contribution in [0.4, 0.5) is 13.2 Å². The van der Waals surface area contributed by atoms with Gasteiger partial charge < -0.3 is 4.55 Å². The molecule has 0 fully saturated rings. The number of alkyl halides is 3. The zero-order valence-corrected chi connectivity index (χ0v) is 16.4. The van der Waals surface area contributed by atoms with E-state index in [0.717, 1.165) is 5.02 Å². The molecule has 28 heavy (non-hydrogen) atoms. The van der Waals surface area contributed by atoms with Crippen molar-refractivity contribution in [2.75, 3.05) is 0 Å². The van der Waals surface area contributed by atoms with Crippen molar-refractivity contribution in [3.8, 4) is 4.90 Å². The van der Waals surface area contributed by atoms with Gasteiger partial charge in [-0.3, -0.25) is 0 Å². The SMILES string of the molecule is Clc1ccc(-[s+]2c3ccccc3c3ccccc32)cc1.O=S(=O)([O-])C(F)(F)F. The largest absolute Gasteiger partial charge is 0.741 e. The second-order valence-electron chi connectivity index (χ2n) is 5.65. The van der Waals surface area contributed by atoms with E-state index in [0.29, 0.717) is 0 Å². The molecule has 4 rings (SSSR count). The van der Waals surface area contributed by atoms with Gasteiger partial charge in [-0.1, -0.05) is 35.9 Å². The highest BCUT2D eigenvalue weighted by Crippen LogP contribution is 2.48. The van der Waals surface area contributed by atoms with Crippen LogP contribution >= 0.6 is 22.1 Å². The summed E-state index contributed by atoms with van der Waals surface area (Å²) < 4.78 is 61.7. The van der Waals surface area contributed by atoms with Crippen molar-refractivity contribution in [2.45, 2.75) is 5.51 Å². The van der Waals surface area contributed by atoms with E-state index >= 15 is 0 Å². The Bertz CT molecular complexity index is 1180. The van der Waals surface area contributed by atoms with Crippen molar-refractivity contribution in [1.82, 2.24) is 0 Å². The van der Waals surface area contributed by atoms with Crippen LogP contribution in [0.3, 0.4) is 0 Å². The summed E-state index contributed by atoms with van der Waals surface area (Å²) in [6.07, 6.45) is 0. The summed E-state index contributed by atoms with van der Waals surface area (Å²) in [7, 11) is -6.10. The number of hydrogen-bond donors (Lipinski definition) is 0. The van der Waals surface area contributed by atoms with Crippen LogP contribution in [0.5, 0.6) is 0 Å². The predicted molar refractivity (Wildman–Crippen MR) is 106 cm³/mol. The Balaban J connectivity index is 0.000000242. The Hall–Kier alpha value is -2.13. The molecule has 0 bridgehead atoms. The molecular weight excluding hydrogens is 433 g/mol. The molecule has 0 amide bonds. The van der Waals surface area contributed by atoms with E-state index in [1.165, 1.54) is 25.1 Å². The molecule has 3 nitrogen and oxygen atoms in total. The molecule has 0 aliphatic carbocycles. The minimum Gasteiger partial charge on any atom is -0.741 e. The summed E-state index contributed by atoms with van der Waals surface area (Å²) in [6.45, 7) is 0. The Labute approximate surface area is 166 Å². The fourth-order valence-electron chi connectivity index (χ4n) is 2.68. The first-order valence-electron chi connectivity index (χ1n) is 7.80. The van der Waals surface area contributed by atoms with Crippen molar-refractivity contribution in [1.29, 1.82) is 0 Å². The van der Waals surface area contributed by atoms with E-state index in [9.17, 15) is 13.2 Å². The van der Waals surface area contributed by atoms with Crippen LogP contribution in [0.1, 0.15) is 0 Å². The highest BCUT2D eigenvalue weighted by Gasteiger charge is 2.36. The standard InChI is InChI=1S/C18H12ClS.CHF3O3S/c19-13-9-11-14(12-10-13)20-17-7-3-1-5-15(17)16-6-2-4-8-18(16)20;2-1(3,4)8(5,6)7/h1-12H;(H,5,6,7)/q+1;/p-1. The third-order valence-corrected chi connectivity index (χ3v) is 6.99. The van der Waals surface area contributed by atoms with E-state index in [2.05, 4.69) is 60.7 Å². The van der Waals surface area contributed by atoms with Gasteiger partial charge in [0.25, 0.3) is 0 Å². The Morgan fingerprint density at radius 1 is 0.786 bits per heavy atom. The Morgan fingerprint density at radius 3 is 1.57 bits per heavy atom. The molecule has 146 valence electrons. The van der Waals surface area contributed by atoms with Gasteiger partial charge in [0.15, 0.2) is 24.4 Å². The van der Waals surface area contributed by atoms with Gasteiger partial charge in [-0.05, 0) is 48.5 Å². The second kappa shape index (κ2) is 7.71. The Kier molecular flexibility index (Phi) is 5.67. The van der Waals surface area contributed by atoms with Crippen molar-refractivity contribution < 1.29 is 26.1 Å². The van der Waals surface area contributed by atoms with Crippen molar-refractivity contribution >= 4 is 52.4 Å². The molecule has 9 heteroatoms. The average molecular weight is 445 g/mol. The van der Waals surface area contributed by atoms with Gasteiger partial charge in [-0.25, -0.2) is 8.42 Å². The molecule has 0 atom stereocenters. The summed E-state index contributed by atoms with van der Waals surface area (Å²) in [4.78, 5) is 1.33. The van der Waals surface area contributed by atoms with E-state index < -0.39 is 15.6 Å². The lowest BCUT2D eigenvalue weighted by molar-refractivity contribution is -0.0517. The molecule has 1 heterocycles. The van der Waals surface area contributed by atoms with E-state index in [1.807, 2.05) is 12.1 Å². The number of benzene rings is 3. The average Bonchev–Trinajstić information content (AvgIpc) is 2.96. The fourth-order valence-corrected chi connectivity index (χ4v) is 5.18. The van der Waals surface area contributed by atoms with Crippen molar-refractivity contribution in [3.63, 3.8) is 0 Å². The molecule has 0 unspecified atom stereocenters. The van der Waals surface area contributed by atoms with E-state index in [1.54, 1.807) is 0 Å². The highest BCUT2D eigenvalue weighted by molar-refractivity contribution is 7.86. The Morgan fingerprint density at radius 2 is 1.18 bits per heavy atom. The number of thiophene rings is 1. The van der Waals surface area contributed by atoms with Gasteiger partial charge in [0.1, 0.15) is 0 Å². The number of halogens is 4. The molecule has 0 saturated heterocycles. The molecule has 0 aliphatic heterocycles. The van der Waals surface area contributed by atoms with Crippen LogP contribution in [-0.4, -0.2) is 18.5 Å². The minimum absolute atomic E-state index is 0.00747. The maximum absolute atomic E-state index is 10.7. The van der Waals surface area contributed by atoms with Crippen molar-refractivity contribution in [2.24, 2.45) is 0 Å². The molecule has 0 saturated carbocycles. The summed E-state index contributed by atoms with van der Waals surface area (Å²) in [5, 5.41) is 3.51. The molecule has 3 aromatic carbocycles. The lowest BCUT2D eigenvalue weighted by Gasteiger charge is -2.08. The first-order valence-corrected chi connectivity index (χ1v) is 10.8. The lowest BCUT2D eigenvalue weighted by atomic mass is 10.2. The van der Waals surface area contributed by atoms with E-state index in [4.69, 9.17) is 24.6 Å². The maximum Gasteiger partial charge on any atom is 0.485 e. The maximum atomic E-state index is 10.7. The van der Waals surface area contributed by atoms with Crippen LogP contribution in [0, 0.1) is 0 Å². The normalized spacial score (nSPS) is 12.0. The number of rotatable bonds is 1. The first-order chi connectivity index (χ1) is 13.1. The summed E-state index contributed by atoms with van der Waals surface area (Å²) >= 11 is 6.02. The van der Waals surface area contributed by atoms with Crippen LogP contribution in [0.25, 0.3) is 25.1 Å². The molecule has 0 radical (unpaired) electrons. The van der Waals surface area contributed by atoms with Gasteiger partial charge in [0.2, 0.25) is 0 Å².